The highest BCUT2D eigenvalue weighted by Gasteiger charge is 2.31. The molecule has 29 heavy (non-hydrogen) atoms. The Bertz CT molecular complexity index is 845. The quantitative estimate of drug-likeness (QED) is 0.625. The summed E-state index contributed by atoms with van der Waals surface area (Å²) in [7, 11) is 0. The van der Waals surface area contributed by atoms with Gasteiger partial charge in [0.05, 0.1) is 19.1 Å². The molecule has 0 radical (unpaired) electrons. The van der Waals surface area contributed by atoms with Crippen molar-refractivity contribution in [2.75, 3.05) is 24.5 Å². The van der Waals surface area contributed by atoms with E-state index in [4.69, 9.17) is 10.5 Å². The first-order valence-corrected chi connectivity index (χ1v) is 8.94. The van der Waals surface area contributed by atoms with Gasteiger partial charge >= 0.3 is 0 Å². The van der Waals surface area contributed by atoms with Gasteiger partial charge in [0.2, 0.25) is 17.7 Å². The number of nitrogens with one attached hydrogen (secondary N) is 2. The maximum absolute atomic E-state index is 12.3. The third-order valence-corrected chi connectivity index (χ3v) is 4.25. The molecule has 0 saturated carbocycles. The van der Waals surface area contributed by atoms with Gasteiger partial charge in [-0.15, -0.1) is 12.4 Å². The van der Waals surface area contributed by atoms with Gasteiger partial charge in [0.1, 0.15) is 11.5 Å². The number of hydrogen-bond acceptors (Lipinski definition) is 5. The van der Waals surface area contributed by atoms with Crippen LogP contribution in [0.4, 0.5) is 5.69 Å². The smallest absolute Gasteiger partial charge is 0.239 e. The molecule has 0 spiro atoms. The molecule has 3 rings (SSSR count). The van der Waals surface area contributed by atoms with Crippen LogP contribution >= 0.6 is 12.4 Å². The van der Waals surface area contributed by atoms with Gasteiger partial charge in [0.25, 0.3) is 0 Å². The third-order valence-electron chi connectivity index (χ3n) is 4.25. The normalized spacial score (nSPS) is 15.4. The van der Waals surface area contributed by atoms with Crippen LogP contribution in [-0.2, 0) is 14.4 Å². The van der Waals surface area contributed by atoms with Crippen LogP contribution in [0.3, 0.4) is 0 Å². The second-order valence-corrected chi connectivity index (χ2v) is 6.36. The van der Waals surface area contributed by atoms with Crippen molar-refractivity contribution in [2.45, 2.75) is 12.5 Å². The first-order chi connectivity index (χ1) is 13.5. The van der Waals surface area contributed by atoms with E-state index in [1.807, 2.05) is 42.5 Å². The Labute approximate surface area is 174 Å². The summed E-state index contributed by atoms with van der Waals surface area (Å²) >= 11 is 0. The predicted octanol–water partition coefficient (Wildman–Crippen LogP) is 1.20. The lowest BCUT2D eigenvalue weighted by molar-refractivity contribution is -0.125. The molecule has 1 unspecified atom stereocenters. The number of rotatable bonds is 7. The minimum Gasteiger partial charge on any atom is -0.457 e. The highest BCUT2D eigenvalue weighted by atomic mass is 35.5. The van der Waals surface area contributed by atoms with Crippen molar-refractivity contribution in [2.24, 2.45) is 5.73 Å². The molecule has 8 nitrogen and oxygen atoms in total. The average molecular weight is 419 g/mol. The summed E-state index contributed by atoms with van der Waals surface area (Å²) in [5.41, 5.74) is 5.91. The summed E-state index contributed by atoms with van der Waals surface area (Å²) in [6, 6.07) is 16.3. The topological polar surface area (TPSA) is 114 Å². The van der Waals surface area contributed by atoms with Gasteiger partial charge in [-0.1, -0.05) is 18.2 Å². The fourth-order valence-electron chi connectivity index (χ4n) is 2.90. The number of hydrogen-bond donors (Lipinski definition) is 3. The molecule has 3 amide bonds. The maximum atomic E-state index is 12.3. The Morgan fingerprint density at radius 2 is 1.69 bits per heavy atom. The van der Waals surface area contributed by atoms with E-state index in [0.717, 1.165) is 11.4 Å². The van der Waals surface area contributed by atoms with Crippen LogP contribution in [0, 0.1) is 0 Å². The molecule has 2 aromatic rings. The summed E-state index contributed by atoms with van der Waals surface area (Å²) in [6.45, 7) is 0.0352. The van der Waals surface area contributed by atoms with Crippen LogP contribution in [0.25, 0.3) is 0 Å². The molecule has 0 aliphatic carbocycles. The molecule has 1 aliphatic rings. The van der Waals surface area contributed by atoms with E-state index in [9.17, 15) is 14.4 Å². The summed E-state index contributed by atoms with van der Waals surface area (Å²) in [4.78, 5) is 36.9. The van der Waals surface area contributed by atoms with Crippen molar-refractivity contribution >= 4 is 35.8 Å². The predicted molar refractivity (Wildman–Crippen MR) is 111 cm³/mol. The van der Waals surface area contributed by atoms with Crippen LogP contribution in [0.15, 0.2) is 54.6 Å². The Balaban J connectivity index is 0.00000300. The van der Waals surface area contributed by atoms with Crippen LogP contribution in [0.2, 0.25) is 0 Å². The lowest BCUT2D eigenvalue weighted by atomic mass is 10.2. The first kappa shape index (κ1) is 22.2. The number of ether oxygens (including phenoxy) is 1. The molecular formula is C20H23ClN4O4. The number of carbonyl (C=O) groups is 3. The molecule has 9 heteroatoms. The van der Waals surface area contributed by atoms with E-state index in [-0.39, 0.29) is 49.8 Å². The van der Waals surface area contributed by atoms with Gasteiger partial charge < -0.3 is 26.0 Å². The number of carbonyl (C=O) groups excluding carboxylic acids is 3. The Hall–Kier alpha value is -3.10. The summed E-state index contributed by atoms with van der Waals surface area (Å²) in [5.74, 6) is 0.567. The van der Waals surface area contributed by atoms with Crippen molar-refractivity contribution < 1.29 is 19.1 Å². The fraction of sp³-hybridized carbons (Fsp3) is 0.250. The molecule has 1 atom stereocenters. The minimum atomic E-state index is -0.405. The van der Waals surface area contributed by atoms with Crippen molar-refractivity contribution in [3.63, 3.8) is 0 Å². The molecule has 2 aromatic carbocycles. The molecule has 0 aromatic heterocycles. The summed E-state index contributed by atoms with van der Waals surface area (Å²) < 4.78 is 5.75. The average Bonchev–Trinajstić information content (AvgIpc) is 3.07. The highest BCUT2D eigenvalue weighted by Crippen LogP contribution is 2.26. The lowest BCUT2D eigenvalue weighted by Gasteiger charge is -2.18. The Morgan fingerprint density at radius 3 is 2.34 bits per heavy atom. The van der Waals surface area contributed by atoms with Crippen LogP contribution in [-0.4, -0.2) is 43.4 Å². The molecule has 154 valence electrons. The lowest BCUT2D eigenvalue weighted by Crippen LogP contribution is -2.44. The summed E-state index contributed by atoms with van der Waals surface area (Å²) in [5, 5.41) is 5.15. The van der Waals surface area contributed by atoms with Gasteiger partial charge in [-0.2, -0.15) is 0 Å². The van der Waals surface area contributed by atoms with Crippen molar-refractivity contribution in [1.29, 1.82) is 0 Å². The van der Waals surface area contributed by atoms with E-state index in [0.29, 0.717) is 12.3 Å². The van der Waals surface area contributed by atoms with E-state index < -0.39 is 5.91 Å². The Kier molecular flexibility index (Phi) is 7.99. The molecule has 1 saturated heterocycles. The zero-order valence-corrected chi connectivity index (χ0v) is 16.5. The highest BCUT2D eigenvalue weighted by molar-refractivity contribution is 5.97. The second kappa shape index (κ2) is 10.4. The van der Waals surface area contributed by atoms with Gasteiger partial charge in [0.15, 0.2) is 0 Å². The van der Waals surface area contributed by atoms with Crippen molar-refractivity contribution in [3.8, 4) is 11.5 Å². The molecule has 0 bridgehead atoms. The van der Waals surface area contributed by atoms with Gasteiger partial charge in [0, 0.05) is 18.7 Å². The second-order valence-electron chi connectivity index (χ2n) is 6.36. The minimum absolute atomic E-state index is 0. The Morgan fingerprint density at radius 1 is 1.03 bits per heavy atom. The zero-order chi connectivity index (χ0) is 19.9. The standard InChI is InChI=1S/C20H22N4O4.ClH/c21-11-18(25)22-12-19(26)23-14-10-20(27)24(13-14)15-6-8-17(9-7-15)28-16-4-2-1-3-5-16;/h1-9,14H,10-13,21H2,(H,22,25)(H,23,26);1H. The first-order valence-electron chi connectivity index (χ1n) is 8.94. The van der Waals surface area contributed by atoms with Crippen molar-refractivity contribution in [1.82, 2.24) is 10.6 Å². The number of halogens is 1. The summed E-state index contributed by atoms with van der Waals surface area (Å²) in [6.07, 6.45) is 0.207. The van der Waals surface area contributed by atoms with Crippen LogP contribution in [0.5, 0.6) is 11.5 Å². The van der Waals surface area contributed by atoms with Gasteiger partial charge in [-0.3, -0.25) is 14.4 Å². The monoisotopic (exact) mass is 418 g/mol. The SMILES string of the molecule is Cl.NCC(=O)NCC(=O)NC1CC(=O)N(c2ccc(Oc3ccccc3)cc2)C1. The van der Waals surface area contributed by atoms with Crippen LogP contribution < -0.4 is 26.0 Å². The molecule has 4 N–H and O–H groups in total. The molecular weight excluding hydrogens is 396 g/mol. The van der Waals surface area contributed by atoms with E-state index in [1.54, 1.807) is 17.0 Å². The van der Waals surface area contributed by atoms with Crippen molar-refractivity contribution in [3.05, 3.63) is 54.6 Å². The van der Waals surface area contributed by atoms with E-state index in [2.05, 4.69) is 10.6 Å². The zero-order valence-electron chi connectivity index (χ0n) is 15.7. The fourth-order valence-corrected chi connectivity index (χ4v) is 2.90. The number of benzene rings is 2. The van der Waals surface area contributed by atoms with Crippen LogP contribution in [0.1, 0.15) is 6.42 Å². The number of amides is 3. The number of nitrogens with zero attached hydrogens (tertiary/aromatic N) is 1. The van der Waals surface area contributed by atoms with E-state index in [1.165, 1.54) is 0 Å². The molecule has 1 aliphatic heterocycles. The number of anilines is 1. The number of para-hydroxylation sites is 1. The largest absolute Gasteiger partial charge is 0.457 e. The molecule has 1 heterocycles. The maximum Gasteiger partial charge on any atom is 0.239 e. The third kappa shape index (κ3) is 6.20. The molecule has 1 fully saturated rings. The van der Waals surface area contributed by atoms with E-state index >= 15 is 0 Å². The number of nitrogens with two attached hydrogens (primary N) is 1. The van der Waals surface area contributed by atoms with Gasteiger partial charge in [-0.05, 0) is 36.4 Å². The van der Waals surface area contributed by atoms with Gasteiger partial charge in [-0.25, -0.2) is 0 Å².